The fraction of sp³-hybridized carbons (Fsp3) is 0.562. The van der Waals surface area contributed by atoms with Gasteiger partial charge in [0.25, 0.3) is 0 Å². The van der Waals surface area contributed by atoms with Crippen molar-refractivity contribution in [3.05, 3.63) is 30.3 Å². The van der Waals surface area contributed by atoms with Crippen LogP contribution in [-0.2, 0) is 14.2 Å². The molecule has 8 heteroatoms. The van der Waals surface area contributed by atoms with E-state index in [-0.39, 0.29) is 5.24 Å². The van der Waals surface area contributed by atoms with Crippen molar-refractivity contribution in [3.8, 4) is 5.75 Å². The van der Waals surface area contributed by atoms with E-state index in [1.807, 2.05) is 13.0 Å². The predicted octanol–water partition coefficient (Wildman–Crippen LogP) is 0.601. The minimum Gasteiger partial charge on any atom is -0.447 e. The van der Waals surface area contributed by atoms with Crippen molar-refractivity contribution in [2.75, 3.05) is 13.2 Å². The lowest BCUT2D eigenvalue weighted by Gasteiger charge is -2.41. The van der Waals surface area contributed by atoms with Crippen LogP contribution in [0.15, 0.2) is 30.3 Å². The van der Waals surface area contributed by atoms with Crippen LogP contribution < -0.4 is 4.74 Å². The fourth-order valence-electron chi connectivity index (χ4n) is 2.28. The summed E-state index contributed by atoms with van der Waals surface area (Å²) in [6.45, 7) is 1.81. The topological polar surface area (TPSA) is 97.6 Å². The van der Waals surface area contributed by atoms with Gasteiger partial charge in [0.15, 0.2) is 12.4 Å². The molecule has 3 N–H and O–H groups in total. The summed E-state index contributed by atoms with van der Waals surface area (Å²) in [5.74, 6) is 0.469. The second kappa shape index (κ2) is 9.26. The quantitative estimate of drug-likeness (QED) is 0.636. The molecule has 0 spiro atoms. The molecule has 1 aliphatic heterocycles. The second-order valence-electron chi connectivity index (χ2n) is 5.33. The van der Waals surface area contributed by atoms with Crippen LogP contribution in [0.3, 0.4) is 0 Å². The molecule has 134 valence electrons. The van der Waals surface area contributed by atoms with Gasteiger partial charge in [-0.05, 0) is 18.6 Å². The van der Waals surface area contributed by atoms with E-state index in [1.54, 1.807) is 24.3 Å². The second-order valence-corrected chi connectivity index (χ2v) is 5.66. The highest BCUT2D eigenvalue weighted by atomic mass is 32.1. The van der Waals surface area contributed by atoms with Crippen LogP contribution in [0.1, 0.15) is 13.3 Å². The van der Waals surface area contributed by atoms with Crippen molar-refractivity contribution < 1.29 is 34.3 Å². The molecule has 0 amide bonds. The normalized spacial score (nSPS) is 29.9. The van der Waals surface area contributed by atoms with Gasteiger partial charge in [-0.2, -0.15) is 0 Å². The number of thiocarbonyl (C=S) groups is 1. The number of aliphatic hydroxyl groups is 3. The summed E-state index contributed by atoms with van der Waals surface area (Å²) < 4.78 is 21.5. The standard InChI is InChI=1S/C16H22O7S/c1-2-8-20-15-13(19)14(12(18)11(9-17)22-15)23-16(24)21-10-6-4-3-5-7-10/h3-7,11-15,17-19H,2,8-9H2,1H3/t11-,12-,13+,14+,15+/m1/s1. The van der Waals surface area contributed by atoms with Crippen LogP contribution >= 0.6 is 12.2 Å². The van der Waals surface area contributed by atoms with E-state index in [0.717, 1.165) is 6.42 Å². The number of hydrogen-bond donors (Lipinski definition) is 3. The first-order chi connectivity index (χ1) is 11.6. The van der Waals surface area contributed by atoms with Gasteiger partial charge in [0, 0.05) is 18.8 Å². The first-order valence-corrected chi connectivity index (χ1v) is 8.15. The molecule has 1 aromatic rings. The van der Waals surface area contributed by atoms with E-state index in [0.29, 0.717) is 12.4 Å². The molecule has 1 aromatic carbocycles. The number of hydrogen-bond acceptors (Lipinski definition) is 8. The summed E-state index contributed by atoms with van der Waals surface area (Å²) >= 11 is 5.01. The molecule has 0 unspecified atom stereocenters. The zero-order valence-electron chi connectivity index (χ0n) is 13.3. The summed E-state index contributed by atoms with van der Waals surface area (Å²) in [5.41, 5.74) is 0. The highest BCUT2D eigenvalue weighted by Crippen LogP contribution is 2.25. The van der Waals surface area contributed by atoms with Gasteiger partial charge in [-0.25, -0.2) is 0 Å². The van der Waals surface area contributed by atoms with E-state index in [4.69, 9.17) is 31.2 Å². The van der Waals surface area contributed by atoms with Gasteiger partial charge in [0.1, 0.15) is 24.1 Å². The van der Waals surface area contributed by atoms with Crippen molar-refractivity contribution in [2.45, 2.75) is 44.1 Å². The van der Waals surface area contributed by atoms with Gasteiger partial charge >= 0.3 is 5.24 Å². The molecule has 0 aliphatic carbocycles. The monoisotopic (exact) mass is 358 g/mol. The molecule has 24 heavy (non-hydrogen) atoms. The Morgan fingerprint density at radius 3 is 2.54 bits per heavy atom. The van der Waals surface area contributed by atoms with Crippen LogP contribution in [0, 0.1) is 0 Å². The van der Waals surface area contributed by atoms with Crippen molar-refractivity contribution in [1.29, 1.82) is 0 Å². The molecule has 2 rings (SSSR count). The zero-order valence-corrected chi connectivity index (χ0v) is 14.1. The lowest BCUT2D eigenvalue weighted by atomic mass is 9.99. The average Bonchev–Trinajstić information content (AvgIpc) is 2.59. The third-order valence-electron chi connectivity index (χ3n) is 3.48. The molecule has 1 saturated heterocycles. The molecule has 1 fully saturated rings. The first-order valence-electron chi connectivity index (χ1n) is 7.74. The van der Waals surface area contributed by atoms with Gasteiger partial charge in [0.2, 0.25) is 0 Å². The Bertz CT molecular complexity index is 512. The van der Waals surface area contributed by atoms with Gasteiger partial charge in [-0.15, -0.1) is 0 Å². The summed E-state index contributed by atoms with van der Waals surface area (Å²) in [7, 11) is 0. The summed E-state index contributed by atoms with van der Waals surface area (Å²) in [4.78, 5) is 0. The molecule has 0 saturated carbocycles. The Morgan fingerprint density at radius 1 is 1.21 bits per heavy atom. The molecular weight excluding hydrogens is 336 g/mol. The first kappa shape index (κ1) is 19.0. The summed E-state index contributed by atoms with van der Waals surface area (Å²) in [5, 5.41) is 29.6. The highest BCUT2D eigenvalue weighted by Gasteiger charge is 2.47. The summed E-state index contributed by atoms with van der Waals surface area (Å²) in [6, 6.07) is 8.75. The van der Waals surface area contributed by atoms with E-state index in [1.165, 1.54) is 0 Å². The van der Waals surface area contributed by atoms with Crippen LogP contribution in [0.2, 0.25) is 0 Å². The molecule has 0 radical (unpaired) electrons. The van der Waals surface area contributed by atoms with Crippen molar-refractivity contribution >= 4 is 17.5 Å². The van der Waals surface area contributed by atoms with Gasteiger partial charge in [-0.3, -0.25) is 0 Å². The lowest BCUT2D eigenvalue weighted by molar-refractivity contribution is -0.299. The maximum atomic E-state index is 10.3. The zero-order chi connectivity index (χ0) is 17.5. The van der Waals surface area contributed by atoms with Gasteiger partial charge in [0.05, 0.1) is 6.61 Å². The Kier molecular flexibility index (Phi) is 7.35. The number of benzene rings is 1. The number of para-hydroxylation sites is 1. The number of aliphatic hydroxyl groups excluding tert-OH is 3. The fourth-order valence-corrected chi connectivity index (χ4v) is 2.49. The maximum Gasteiger partial charge on any atom is 0.358 e. The molecule has 0 bridgehead atoms. The van der Waals surface area contributed by atoms with Crippen molar-refractivity contribution in [2.24, 2.45) is 0 Å². The molecule has 7 nitrogen and oxygen atoms in total. The van der Waals surface area contributed by atoms with E-state index in [2.05, 4.69) is 0 Å². The van der Waals surface area contributed by atoms with Crippen LogP contribution in [0.4, 0.5) is 0 Å². The molecular formula is C16H22O7S. The van der Waals surface area contributed by atoms with Crippen LogP contribution in [-0.4, -0.2) is 64.5 Å². The number of ether oxygens (including phenoxy) is 4. The van der Waals surface area contributed by atoms with Crippen LogP contribution in [0.25, 0.3) is 0 Å². The van der Waals surface area contributed by atoms with Crippen molar-refractivity contribution in [3.63, 3.8) is 0 Å². The van der Waals surface area contributed by atoms with Gasteiger partial charge in [-0.1, -0.05) is 25.1 Å². The maximum absolute atomic E-state index is 10.3. The Hall–Kier alpha value is -1.29. The van der Waals surface area contributed by atoms with E-state index >= 15 is 0 Å². The largest absolute Gasteiger partial charge is 0.447 e. The Balaban J connectivity index is 2.02. The highest BCUT2D eigenvalue weighted by molar-refractivity contribution is 7.79. The van der Waals surface area contributed by atoms with Crippen LogP contribution in [0.5, 0.6) is 5.75 Å². The smallest absolute Gasteiger partial charge is 0.358 e. The molecule has 1 aliphatic rings. The Morgan fingerprint density at radius 2 is 1.92 bits per heavy atom. The minimum absolute atomic E-state index is 0.253. The summed E-state index contributed by atoms with van der Waals surface area (Å²) in [6.07, 6.45) is -4.99. The minimum atomic E-state index is -1.29. The molecule has 5 atom stereocenters. The predicted molar refractivity (Wildman–Crippen MR) is 88.5 cm³/mol. The number of rotatable bonds is 6. The van der Waals surface area contributed by atoms with Gasteiger partial charge < -0.3 is 34.3 Å². The van der Waals surface area contributed by atoms with Crippen molar-refractivity contribution in [1.82, 2.24) is 0 Å². The molecule has 1 heterocycles. The SMILES string of the molecule is CCCO[C@H]1O[C@H](CO)[C@@H](O)[C@H](OC(=S)Oc2ccccc2)[C@@H]1O. The Labute approximate surface area is 145 Å². The third kappa shape index (κ3) is 4.85. The lowest BCUT2D eigenvalue weighted by Crippen LogP contribution is -2.60. The van der Waals surface area contributed by atoms with E-state index < -0.39 is 37.3 Å². The third-order valence-corrected chi connectivity index (χ3v) is 3.66. The molecule has 0 aromatic heterocycles. The average molecular weight is 358 g/mol. The van der Waals surface area contributed by atoms with E-state index in [9.17, 15) is 15.3 Å².